The molecule has 2 rings (SSSR count). The first-order chi connectivity index (χ1) is 8.81. The lowest BCUT2D eigenvalue weighted by atomic mass is 9.94. The van der Waals surface area contributed by atoms with E-state index < -0.39 is 0 Å². The highest BCUT2D eigenvalue weighted by atomic mass is 16.1. The first-order valence-corrected chi connectivity index (χ1v) is 6.71. The van der Waals surface area contributed by atoms with Gasteiger partial charge in [-0.3, -0.25) is 4.79 Å². The summed E-state index contributed by atoms with van der Waals surface area (Å²) < 4.78 is 0. The summed E-state index contributed by atoms with van der Waals surface area (Å²) in [6.07, 6.45) is 9.94. The molecule has 1 nitrogen and oxygen atoms in total. The largest absolute Gasteiger partial charge is 0.295 e. The predicted octanol–water partition coefficient (Wildman–Crippen LogP) is 4.10. The van der Waals surface area contributed by atoms with Gasteiger partial charge < -0.3 is 0 Å². The van der Waals surface area contributed by atoms with Crippen molar-refractivity contribution in [3.63, 3.8) is 0 Å². The summed E-state index contributed by atoms with van der Waals surface area (Å²) in [7, 11) is 0. The highest BCUT2D eigenvalue weighted by molar-refractivity contribution is 5.96. The van der Waals surface area contributed by atoms with E-state index in [1.807, 2.05) is 31.2 Å². The number of carbonyl (C=O) groups is 1. The van der Waals surface area contributed by atoms with Gasteiger partial charge in [-0.1, -0.05) is 48.6 Å². The van der Waals surface area contributed by atoms with E-state index >= 15 is 0 Å². The van der Waals surface area contributed by atoms with Crippen molar-refractivity contribution in [3.8, 4) is 0 Å². The molecule has 94 valence electrons. The predicted molar refractivity (Wildman–Crippen MR) is 75.4 cm³/mol. The third-order valence-electron chi connectivity index (χ3n) is 3.47. The lowest BCUT2D eigenvalue weighted by Gasteiger charge is -2.09. The molecule has 0 fully saturated rings. The van der Waals surface area contributed by atoms with E-state index in [1.54, 1.807) is 0 Å². The molecule has 0 saturated carbocycles. The molecule has 1 aliphatic rings. The Hall–Kier alpha value is -1.63. The van der Waals surface area contributed by atoms with E-state index in [0.717, 1.165) is 24.8 Å². The van der Waals surface area contributed by atoms with E-state index in [0.29, 0.717) is 18.1 Å². The molecular formula is C17H20O. The Morgan fingerprint density at radius 2 is 2.11 bits per heavy atom. The summed E-state index contributed by atoms with van der Waals surface area (Å²) >= 11 is 0. The SMILES string of the molecule is C/C=C/C1CCC=C1C(=O)CCc1ccccc1. The molecule has 18 heavy (non-hydrogen) atoms. The minimum Gasteiger partial charge on any atom is -0.295 e. The van der Waals surface area contributed by atoms with Gasteiger partial charge in [0.05, 0.1) is 0 Å². The number of aryl methyl sites for hydroxylation is 1. The van der Waals surface area contributed by atoms with Crippen LogP contribution in [0.1, 0.15) is 31.7 Å². The molecule has 1 aliphatic carbocycles. The smallest absolute Gasteiger partial charge is 0.159 e. The van der Waals surface area contributed by atoms with Gasteiger partial charge in [-0.05, 0) is 37.3 Å². The van der Waals surface area contributed by atoms with Crippen LogP contribution in [0.5, 0.6) is 0 Å². The van der Waals surface area contributed by atoms with Gasteiger partial charge in [0, 0.05) is 12.3 Å². The average Bonchev–Trinajstić information content (AvgIpc) is 2.86. The molecule has 1 aromatic carbocycles. The summed E-state index contributed by atoms with van der Waals surface area (Å²) in [5.74, 6) is 0.678. The molecule has 1 aromatic rings. The van der Waals surface area contributed by atoms with Gasteiger partial charge in [-0.2, -0.15) is 0 Å². The number of carbonyl (C=O) groups excluding carboxylic acids is 1. The van der Waals surface area contributed by atoms with Crippen LogP contribution in [0.3, 0.4) is 0 Å². The highest BCUT2D eigenvalue weighted by Crippen LogP contribution is 2.28. The summed E-state index contributed by atoms with van der Waals surface area (Å²) in [5.41, 5.74) is 2.27. The Labute approximate surface area is 109 Å². The van der Waals surface area contributed by atoms with Crippen LogP contribution < -0.4 is 0 Å². The van der Waals surface area contributed by atoms with Crippen LogP contribution in [0, 0.1) is 5.92 Å². The Morgan fingerprint density at radius 1 is 1.33 bits per heavy atom. The molecule has 0 aliphatic heterocycles. The summed E-state index contributed by atoms with van der Waals surface area (Å²) in [6, 6.07) is 10.2. The fourth-order valence-electron chi connectivity index (χ4n) is 2.52. The van der Waals surface area contributed by atoms with Crippen LogP contribution in [0.4, 0.5) is 0 Å². The third-order valence-corrected chi connectivity index (χ3v) is 3.47. The van der Waals surface area contributed by atoms with Gasteiger partial charge >= 0.3 is 0 Å². The lowest BCUT2D eigenvalue weighted by Crippen LogP contribution is -2.09. The average molecular weight is 240 g/mol. The van der Waals surface area contributed by atoms with Gasteiger partial charge in [0.25, 0.3) is 0 Å². The van der Waals surface area contributed by atoms with E-state index in [-0.39, 0.29) is 0 Å². The zero-order valence-electron chi connectivity index (χ0n) is 10.9. The van der Waals surface area contributed by atoms with Gasteiger partial charge in [0.2, 0.25) is 0 Å². The van der Waals surface area contributed by atoms with Gasteiger partial charge in [0.1, 0.15) is 0 Å². The first-order valence-electron chi connectivity index (χ1n) is 6.71. The molecule has 1 unspecified atom stereocenters. The maximum absolute atomic E-state index is 12.2. The van der Waals surface area contributed by atoms with Crippen LogP contribution in [0.15, 0.2) is 54.1 Å². The molecule has 0 N–H and O–H groups in total. The molecule has 0 aromatic heterocycles. The van der Waals surface area contributed by atoms with Crippen molar-refractivity contribution in [3.05, 3.63) is 59.7 Å². The monoisotopic (exact) mass is 240 g/mol. The normalized spacial score (nSPS) is 19.2. The Morgan fingerprint density at radius 3 is 2.83 bits per heavy atom. The number of ketones is 1. The van der Waals surface area contributed by atoms with Crippen molar-refractivity contribution in [1.29, 1.82) is 0 Å². The second-order valence-corrected chi connectivity index (χ2v) is 4.78. The van der Waals surface area contributed by atoms with Crippen molar-refractivity contribution >= 4 is 5.78 Å². The summed E-state index contributed by atoms with van der Waals surface area (Å²) in [5, 5.41) is 0. The second-order valence-electron chi connectivity index (χ2n) is 4.78. The van der Waals surface area contributed by atoms with Crippen LogP contribution >= 0.6 is 0 Å². The van der Waals surface area contributed by atoms with Crippen molar-refractivity contribution in [1.82, 2.24) is 0 Å². The molecular weight excluding hydrogens is 220 g/mol. The lowest BCUT2D eigenvalue weighted by molar-refractivity contribution is -0.115. The number of benzene rings is 1. The fourth-order valence-corrected chi connectivity index (χ4v) is 2.52. The van der Waals surface area contributed by atoms with Crippen molar-refractivity contribution < 1.29 is 4.79 Å². The summed E-state index contributed by atoms with van der Waals surface area (Å²) in [4.78, 5) is 12.2. The number of hydrogen-bond acceptors (Lipinski definition) is 1. The quantitative estimate of drug-likeness (QED) is 0.708. The number of rotatable bonds is 5. The number of allylic oxidation sites excluding steroid dienone is 4. The second kappa shape index (κ2) is 6.34. The fraction of sp³-hybridized carbons (Fsp3) is 0.353. The van der Waals surface area contributed by atoms with Crippen LogP contribution in [-0.4, -0.2) is 5.78 Å². The zero-order valence-corrected chi connectivity index (χ0v) is 10.9. The zero-order chi connectivity index (χ0) is 12.8. The third kappa shape index (κ3) is 3.19. The molecule has 0 bridgehead atoms. The molecule has 1 atom stereocenters. The van der Waals surface area contributed by atoms with Gasteiger partial charge in [0.15, 0.2) is 5.78 Å². The Kier molecular flexibility index (Phi) is 4.52. The van der Waals surface area contributed by atoms with Crippen LogP contribution in [-0.2, 0) is 11.2 Å². The molecule has 1 heteroatoms. The van der Waals surface area contributed by atoms with E-state index in [9.17, 15) is 4.79 Å². The molecule has 0 amide bonds. The molecule has 0 saturated heterocycles. The number of hydrogen-bond donors (Lipinski definition) is 0. The maximum atomic E-state index is 12.2. The van der Waals surface area contributed by atoms with Crippen molar-refractivity contribution in [2.24, 2.45) is 5.92 Å². The van der Waals surface area contributed by atoms with Gasteiger partial charge in [-0.25, -0.2) is 0 Å². The Bertz CT molecular complexity index is 454. The minimum atomic E-state index is 0.319. The minimum absolute atomic E-state index is 0.319. The number of Topliss-reactive ketones (excluding diaryl/α,β-unsaturated/α-hetero) is 1. The molecule has 0 heterocycles. The van der Waals surface area contributed by atoms with Crippen molar-refractivity contribution in [2.45, 2.75) is 32.6 Å². The molecule has 0 radical (unpaired) electrons. The van der Waals surface area contributed by atoms with E-state index in [2.05, 4.69) is 24.3 Å². The first kappa shape index (κ1) is 12.8. The standard InChI is InChI=1S/C17H20O/c1-2-7-15-10-6-11-16(15)17(18)13-12-14-8-4-3-5-9-14/h2-5,7-9,11,15H,6,10,12-13H2,1H3/b7-2+. The topological polar surface area (TPSA) is 17.1 Å². The van der Waals surface area contributed by atoms with Gasteiger partial charge in [-0.15, -0.1) is 0 Å². The summed E-state index contributed by atoms with van der Waals surface area (Å²) in [6.45, 7) is 2.02. The van der Waals surface area contributed by atoms with Crippen LogP contribution in [0.25, 0.3) is 0 Å². The van der Waals surface area contributed by atoms with Crippen LogP contribution in [0.2, 0.25) is 0 Å². The maximum Gasteiger partial charge on any atom is 0.159 e. The van der Waals surface area contributed by atoms with Crippen molar-refractivity contribution in [2.75, 3.05) is 0 Å². The van der Waals surface area contributed by atoms with E-state index in [1.165, 1.54) is 5.56 Å². The van der Waals surface area contributed by atoms with E-state index in [4.69, 9.17) is 0 Å². The molecule has 0 spiro atoms. The Balaban J connectivity index is 1.92. The highest BCUT2D eigenvalue weighted by Gasteiger charge is 2.21.